The average Bonchev–Trinajstić information content (AvgIpc) is 2.68. The summed E-state index contributed by atoms with van der Waals surface area (Å²) in [5.74, 6) is 0. The van der Waals surface area contributed by atoms with Crippen molar-refractivity contribution in [2.24, 2.45) is 0 Å². The van der Waals surface area contributed by atoms with Crippen LogP contribution >= 0.6 is 11.3 Å². The SMILES string of the molecule is CCC(c1nc(C)cs1)N1CCNCC1. The molecule has 1 aliphatic heterocycles. The van der Waals surface area contributed by atoms with Crippen LogP contribution in [0.4, 0.5) is 0 Å². The van der Waals surface area contributed by atoms with E-state index in [4.69, 9.17) is 0 Å². The zero-order valence-electron chi connectivity index (χ0n) is 9.49. The Balaban J connectivity index is 2.08. The van der Waals surface area contributed by atoms with Crippen molar-refractivity contribution in [3.05, 3.63) is 16.1 Å². The van der Waals surface area contributed by atoms with Gasteiger partial charge in [0.25, 0.3) is 0 Å². The van der Waals surface area contributed by atoms with Crippen LogP contribution in [0.3, 0.4) is 0 Å². The van der Waals surface area contributed by atoms with Gasteiger partial charge in [-0.15, -0.1) is 11.3 Å². The van der Waals surface area contributed by atoms with E-state index in [1.54, 1.807) is 11.3 Å². The lowest BCUT2D eigenvalue weighted by Gasteiger charge is -2.33. The summed E-state index contributed by atoms with van der Waals surface area (Å²) in [4.78, 5) is 7.16. The summed E-state index contributed by atoms with van der Waals surface area (Å²) < 4.78 is 0. The summed E-state index contributed by atoms with van der Waals surface area (Å²) >= 11 is 1.80. The third kappa shape index (κ3) is 2.56. The second-order valence-corrected chi connectivity index (χ2v) is 4.93. The standard InChI is InChI=1S/C11H19N3S/c1-3-10(11-13-9(2)8-15-11)14-6-4-12-5-7-14/h8,10,12H,3-7H2,1-2H3. The molecule has 3 nitrogen and oxygen atoms in total. The molecule has 1 aromatic heterocycles. The molecule has 0 aliphatic carbocycles. The first-order valence-corrected chi connectivity index (χ1v) is 6.56. The van der Waals surface area contributed by atoms with Crippen LogP contribution in [-0.2, 0) is 0 Å². The number of hydrogen-bond donors (Lipinski definition) is 1. The molecule has 0 bridgehead atoms. The first kappa shape index (κ1) is 11.0. The normalized spacial score (nSPS) is 20.4. The van der Waals surface area contributed by atoms with Crippen LogP contribution < -0.4 is 5.32 Å². The van der Waals surface area contributed by atoms with Gasteiger partial charge in [0.2, 0.25) is 0 Å². The molecule has 1 fully saturated rings. The lowest BCUT2D eigenvalue weighted by molar-refractivity contribution is 0.169. The molecule has 0 saturated carbocycles. The number of nitrogens with zero attached hydrogens (tertiary/aromatic N) is 2. The third-order valence-corrected chi connectivity index (χ3v) is 3.96. The fourth-order valence-electron chi connectivity index (χ4n) is 2.11. The smallest absolute Gasteiger partial charge is 0.110 e. The van der Waals surface area contributed by atoms with Crippen molar-refractivity contribution in [3.8, 4) is 0 Å². The van der Waals surface area contributed by atoms with Gasteiger partial charge in [0.15, 0.2) is 0 Å². The number of hydrogen-bond acceptors (Lipinski definition) is 4. The Morgan fingerprint density at radius 3 is 2.80 bits per heavy atom. The highest BCUT2D eigenvalue weighted by Gasteiger charge is 2.22. The molecule has 1 aliphatic rings. The van der Waals surface area contributed by atoms with Gasteiger partial charge < -0.3 is 5.32 Å². The third-order valence-electron chi connectivity index (χ3n) is 2.90. The van der Waals surface area contributed by atoms with E-state index in [-0.39, 0.29) is 0 Å². The molecule has 1 saturated heterocycles. The highest BCUT2D eigenvalue weighted by molar-refractivity contribution is 7.09. The number of nitrogens with one attached hydrogen (secondary N) is 1. The number of piperazine rings is 1. The summed E-state index contributed by atoms with van der Waals surface area (Å²) in [7, 11) is 0. The van der Waals surface area contributed by atoms with Gasteiger partial charge in [-0.3, -0.25) is 4.90 Å². The molecule has 0 radical (unpaired) electrons. The van der Waals surface area contributed by atoms with Crippen molar-refractivity contribution in [2.45, 2.75) is 26.3 Å². The van der Waals surface area contributed by atoms with Gasteiger partial charge in [-0.2, -0.15) is 0 Å². The molecular weight excluding hydrogens is 206 g/mol. The van der Waals surface area contributed by atoms with Crippen LogP contribution in [0.1, 0.15) is 30.1 Å². The first-order valence-electron chi connectivity index (χ1n) is 5.68. The Kier molecular flexibility index (Phi) is 3.72. The quantitative estimate of drug-likeness (QED) is 0.850. The van der Waals surface area contributed by atoms with E-state index in [1.807, 2.05) is 0 Å². The minimum atomic E-state index is 0.533. The van der Waals surface area contributed by atoms with Crippen LogP contribution in [0.25, 0.3) is 0 Å². The lowest BCUT2D eigenvalue weighted by Crippen LogP contribution is -2.45. The summed E-state index contributed by atoms with van der Waals surface area (Å²) in [6, 6.07) is 0.533. The van der Waals surface area contributed by atoms with Crippen LogP contribution in [0.15, 0.2) is 5.38 Å². The van der Waals surface area contributed by atoms with Gasteiger partial charge in [0, 0.05) is 37.3 Å². The predicted molar refractivity (Wildman–Crippen MR) is 64.3 cm³/mol. The monoisotopic (exact) mass is 225 g/mol. The van der Waals surface area contributed by atoms with E-state index in [0.717, 1.165) is 38.3 Å². The molecule has 2 heterocycles. The summed E-state index contributed by atoms with van der Waals surface area (Å²) in [6.07, 6.45) is 1.16. The van der Waals surface area contributed by atoms with Crippen LogP contribution in [0.5, 0.6) is 0 Å². The highest BCUT2D eigenvalue weighted by Crippen LogP contribution is 2.26. The maximum Gasteiger partial charge on any atom is 0.110 e. The minimum Gasteiger partial charge on any atom is -0.314 e. The molecule has 0 spiro atoms. The van der Waals surface area contributed by atoms with E-state index in [9.17, 15) is 0 Å². The van der Waals surface area contributed by atoms with E-state index < -0.39 is 0 Å². The molecule has 1 aromatic rings. The van der Waals surface area contributed by atoms with Crippen molar-refractivity contribution in [3.63, 3.8) is 0 Å². The van der Waals surface area contributed by atoms with Gasteiger partial charge in [-0.25, -0.2) is 4.98 Å². The minimum absolute atomic E-state index is 0.533. The van der Waals surface area contributed by atoms with Crippen molar-refractivity contribution < 1.29 is 0 Å². The Morgan fingerprint density at radius 1 is 1.53 bits per heavy atom. The summed E-state index contributed by atoms with van der Waals surface area (Å²) in [5.41, 5.74) is 1.16. The van der Waals surface area contributed by atoms with Gasteiger partial charge in [0.1, 0.15) is 5.01 Å². The highest BCUT2D eigenvalue weighted by atomic mass is 32.1. The molecule has 1 atom stereocenters. The van der Waals surface area contributed by atoms with E-state index in [2.05, 4.69) is 34.4 Å². The molecule has 15 heavy (non-hydrogen) atoms. The summed E-state index contributed by atoms with van der Waals surface area (Å²) in [5, 5.41) is 6.83. The summed E-state index contributed by atoms with van der Waals surface area (Å²) in [6.45, 7) is 8.85. The van der Waals surface area contributed by atoms with Gasteiger partial charge in [-0.1, -0.05) is 6.92 Å². The zero-order valence-corrected chi connectivity index (χ0v) is 10.3. The van der Waals surface area contributed by atoms with Crippen molar-refractivity contribution in [2.75, 3.05) is 26.2 Å². The van der Waals surface area contributed by atoms with E-state index in [1.165, 1.54) is 5.01 Å². The fraction of sp³-hybridized carbons (Fsp3) is 0.727. The van der Waals surface area contributed by atoms with Crippen molar-refractivity contribution in [1.29, 1.82) is 0 Å². The molecular formula is C11H19N3S. The maximum atomic E-state index is 4.61. The molecule has 0 amide bonds. The van der Waals surface area contributed by atoms with Crippen LogP contribution in [0, 0.1) is 6.92 Å². The number of thiazole rings is 1. The lowest BCUT2D eigenvalue weighted by atomic mass is 10.2. The van der Waals surface area contributed by atoms with Crippen molar-refractivity contribution in [1.82, 2.24) is 15.2 Å². The van der Waals surface area contributed by atoms with Gasteiger partial charge >= 0.3 is 0 Å². The largest absolute Gasteiger partial charge is 0.314 e. The fourth-order valence-corrected chi connectivity index (χ4v) is 3.12. The molecule has 84 valence electrons. The number of aromatic nitrogens is 1. The topological polar surface area (TPSA) is 28.2 Å². The Hall–Kier alpha value is -0.450. The van der Waals surface area contributed by atoms with Crippen molar-refractivity contribution >= 4 is 11.3 Å². The molecule has 2 rings (SSSR count). The van der Waals surface area contributed by atoms with E-state index >= 15 is 0 Å². The number of rotatable bonds is 3. The van der Waals surface area contributed by atoms with Crippen LogP contribution in [0.2, 0.25) is 0 Å². The second kappa shape index (κ2) is 5.05. The van der Waals surface area contributed by atoms with Gasteiger partial charge in [-0.05, 0) is 13.3 Å². The zero-order chi connectivity index (χ0) is 10.7. The predicted octanol–water partition coefficient (Wildman–Crippen LogP) is 1.81. The molecule has 1 unspecified atom stereocenters. The first-order chi connectivity index (χ1) is 7.31. The molecule has 4 heteroatoms. The average molecular weight is 225 g/mol. The maximum absolute atomic E-state index is 4.61. The Morgan fingerprint density at radius 2 is 2.27 bits per heavy atom. The number of aryl methyl sites for hydroxylation is 1. The Labute approximate surface area is 95.5 Å². The molecule has 0 aromatic carbocycles. The van der Waals surface area contributed by atoms with E-state index in [0.29, 0.717) is 6.04 Å². The second-order valence-electron chi connectivity index (χ2n) is 4.04. The van der Waals surface area contributed by atoms with Gasteiger partial charge in [0.05, 0.1) is 6.04 Å². The Bertz CT molecular complexity index is 305. The van der Waals surface area contributed by atoms with Crippen LogP contribution in [-0.4, -0.2) is 36.1 Å². The molecule has 1 N–H and O–H groups in total.